The summed E-state index contributed by atoms with van der Waals surface area (Å²) in [5.41, 5.74) is 3.44. The van der Waals surface area contributed by atoms with E-state index in [0.29, 0.717) is 79.3 Å². The highest BCUT2D eigenvalue weighted by Crippen LogP contribution is 2.28. The summed E-state index contributed by atoms with van der Waals surface area (Å²) < 4.78 is 38.0. The minimum Gasteiger partial charge on any atom is -0.491 e. The minimum absolute atomic E-state index is 0.517. The Morgan fingerprint density at radius 2 is 0.935 bits per heavy atom. The third-order valence-corrected chi connectivity index (χ3v) is 4.36. The maximum atomic E-state index is 5.90. The van der Waals surface area contributed by atoms with Gasteiger partial charge in [-0.15, -0.1) is 0 Å². The number of aryl methyl sites for hydroxylation is 2. The monoisotopic (exact) mass is 443 g/mol. The van der Waals surface area contributed by atoms with Gasteiger partial charge in [-0.2, -0.15) is 0 Å². The third-order valence-electron chi connectivity index (χ3n) is 4.36. The van der Waals surface area contributed by atoms with Gasteiger partial charge in [0.2, 0.25) is 0 Å². The van der Waals surface area contributed by atoms with Gasteiger partial charge in [-0.25, -0.2) is 0 Å². The lowest BCUT2D eigenvalue weighted by atomic mass is 10.1. The summed E-state index contributed by atoms with van der Waals surface area (Å²) in [5.74, 6) is 0.935. The summed E-state index contributed by atoms with van der Waals surface area (Å²) in [6, 6.07) is 4.26. The van der Waals surface area contributed by atoms with Crippen LogP contribution in [-0.4, -0.2) is 100 Å². The number of anilines is 1. The van der Waals surface area contributed by atoms with Gasteiger partial charge in [-0.1, -0.05) is 0 Å². The molecule has 0 spiro atoms. The fraction of sp³-hybridized carbons (Fsp3) is 0.739. The molecule has 0 N–H and O–H groups in total. The van der Waals surface area contributed by atoms with Crippen LogP contribution in [0.25, 0.3) is 0 Å². The van der Waals surface area contributed by atoms with Crippen LogP contribution in [0.15, 0.2) is 12.1 Å². The predicted octanol–water partition coefficient (Wildman–Crippen LogP) is 2.48. The summed E-state index contributed by atoms with van der Waals surface area (Å²) in [6.07, 6.45) is 0. The third kappa shape index (κ3) is 13.6. The van der Waals surface area contributed by atoms with Gasteiger partial charge in [0.1, 0.15) is 12.4 Å². The van der Waals surface area contributed by atoms with Crippen LogP contribution in [0.3, 0.4) is 0 Å². The first kappa shape index (κ1) is 27.6. The molecule has 0 aliphatic carbocycles. The molecule has 0 bridgehead atoms. The molecule has 0 atom stereocenters. The Balaban J connectivity index is 1.89. The Kier molecular flexibility index (Phi) is 16.2. The van der Waals surface area contributed by atoms with E-state index >= 15 is 0 Å². The molecule has 180 valence electrons. The molecule has 1 aromatic rings. The molecule has 1 aromatic carbocycles. The number of benzene rings is 1. The zero-order valence-electron chi connectivity index (χ0n) is 19.9. The molecule has 0 unspecified atom stereocenters. The molecule has 0 radical (unpaired) electrons. The molecule has 0 saturated carbocycles. The molecule has 31 heavy (non-hydrogen) atoms. The molecule has 8 nitrogen and oxygen atoms in total. The molecule has 0 amide bonds. The number of nitrogens with zero attached hydrogens (tertiary/aromatic N) is 1. The van der Waals surface area contributed by atoms with E-state index in [9.17, 15) is 0 Å². The first-order chi connectivity index (χ1) is 15.1. The summed E-state index contributed by atoms with van der Waals surface area (Å²) in [4.78, 5) is 2.09. The van der Waals surface area contributed by atoms with Crippen molar-refractivity contribution >= 4 is 5.69 Å². The van der Waals surface area contributed by atoms with Crippen molar-refractivity contribution < 1.29 is 33.2 Å². The van der Waals surface area contributed by atoms with Crippen LogP contribution in [0, 0.1) is 13.8 Å². The number of hydrogen-bond acceptors (Lipinski definition) is 8. The second-order valence-electron chi connectivity index (χ2n) is 7.21. The zero-order chi connectivity index (χ0) is 22.7. The lowest BCUT2D eigenvalue weighted by Crippen LogP contribution is -2.15. The first-order valence-corrected chi connectivity index (χ1v) is 10.8. The quantitative estimate of drug-likeness (QED) is 0.285. The van der Waals surface area contributed by atoms with Gasteiger partial charge in [0, 0.05) is 26.9 Å². The van der Waals surface area contributed by atoms with Crippen molar-refractivity contribution in [2.45, 2.75) is 13.8 Å². The highest BCUT2D eigenvalue weighted by molar-refractivity contribution is 5.55. The number of ether oxygens (including phenoxy) is 7. The smallest absolute Gasteiger partial charge is 0.125 e. The maximum Gasteiger partial charge on any atom is 0.125 e. The summed E-state index contributed by atoms with van der Waals surface area (Å²) in [7, 11) is 5.72. The van der Waals surface area contributed by atoms with E-state index in [0.717, 1.165) is 16.9 Å². The van der Waals surface area contributed by atoms with Crippen molar-refractivity contribution in [1.29, 1.82) is 0 Å². The molecule has 0 aromatic heterocycles. The molecule has 1 rings (SSSR count). The van der Waals surface area contributed by atoms with Gasteiger partial charge in [-0.3, -0.25) is 0 Å². The average Bonchev–Trinajstić information content (AvgIpc) is 2.74. The Hall–Kier alpha value is -1.42. The Morgan fingerprint density at radius 3 is 1.29 bits per heavy atom. The molecule has 8 heteroatoms. The maximum absolute atomic E-state index is 5.90. The number of methoxy groups -OCH3 is 1. The Morgan fingerprint density at radius 1 is 0.581 bits per heavy atom. The van der Waals surface area contributed by atoms with Crippen LogP contribution in [0.4, 0.5) is 5.69 Å². The number of hydrogen-bond donors (Lipinski definition) is 0. The van der Waals surface area contributed by atoms with Crippen LogP contribution in [0.2, 0.25) is 0 Å². The molecule has 0 fully saturated rings. The second kappa shape index (κ2) is 18.2. The van der Waals surface area contributed by atoms with Gasteiger partial charge < -0.3 is 38.1 Å². The highest BCUT2D eigenvalue weighted by Gasteiger charge is 2.07. The number of rotatable bonds is 20. The topological polar surface area (TPSA) is 67.9 Å². The van der Waals surface area contributed by atoms with E-state index in [2.05, 4.69) is 30.9 Å². The fourth-order valence-corrected chi connectivity index (χ4v) is 2.74. The van der Waals surface area contributed by atoms with Crippen LogP contribution in [0.1, 0.15) is 11.1 Å². The molecule has 0 aliphatic rings. The van der Waals surface area contributed by atoms with Crippen LogP contribution in [-0.2, 0) is 28.4 Å². The van der Waals surface area contributed by atoms with Gasteiger partial charge in [0.05, 0.1) is 72.7 Å². The minimum atomic E-state index is 0.517. The zero-order valence-corrected chi connectivity index (χ0v) is 19.9. The summed E-state index contributed by atoms with van der Waals surface area (Å²) in [5, 5.41) is 0. The van der Waals surface area contributed by atoms with E-state index in [1.165, 1.54) is 5.69 Å². The van der Waals surface area contributed by atoms with Crippen molar-refractivity contribution in [3.63, 3.8) is 0 Å². The van der Waals surface area contributed by atoms with E-state index in [4.69, 9.17) is 33.2 Å². The fourth-order valence-electron chi connectivity index (χ4n) is 2.74. The van der Waals surface area contributed by atoms with Crippen LogP contribution < -0.4 is 9.64 Å². The second-order valence-corrected chi connectivity index (χ2v) is 7.21. The lowest BCUT2D eigenvalue weighted by molar-refractivity contribution is -0.0159. The van der Waals surface area contributed by atoms with Gasteiger partial charge >= 0.3 is 0 Å². The van der Waals surface area contributed by atoms with E-state index < -0.39 is 0 Å². The average molecular weight is 444 g/mol. The van der Waals surface area contributed by atoms with Gasteiger partial charge in [0.15, 0.2) is 0 Å². The normalized spacial score (nSPS) is 11.1. The summed E-state index contributed by atoms with van der Waals surface area (Å²) in [6.45, 7) is 10.7. The van der Waals surface area contributed by atoms with Gasteiger partial charge in [-0.05, 0) is 37.1 Å². The largest absolute Gasteiger partial charge is 0.491 e. The standard InChI is InChI=1S/C23H41NO7/c1-20-18-22(24(3)4)19-21(2)23(20)31-17-16-30-15-14-29-13-12-28-11-10-27-9-8-26-7-6-25-5/h18-19H,6-17H2,1-5H3. The van der Waals surface area contributed by atoms with E-state index in [1.807, 2.05) is 14.1 Å². The molecule has 0 heterocycles. The SMILES string of the molecule is COCCOCCOCCOCCOCCOCCOc1c(C)cc(N(C)C)cc1C. The molecule has 0 saturated heterocycles. The Labute approximate surface area is 187 Å². The van der Waals surface area contributed by atoms with Crippen molar-refractivity contribution in [2.24, 2.45) is 0 Å². The van der Waals surface area contributed by atoms with Crippen molar-refractivity contribution in [2.75, 3.05) is 105 Å². The van der Waals surface area contributed by atoms with Gasteiger partial charge in [0.25, 0.3) is 0 Å². The van der Waals surface area contributed by atoms with Crippen molar-refractivity contribution in [3.8, 4) is 5.75 Å². The highest BCUT2D eigenvalue weighted by atomic mass is 16.6. The molecular weight excluding hydrogens is 402 g/mol. The van der Waals surface area contributed by atoms with Crippen LogP contribution in [0.5, 0.6) is 5.75 Å². The molecular formula is C23H41NO7. The predicted molar refractivity (Wildman–Crippen MR) is 122 cm³/mol. The van der Waals surface area contributed by atoms with Crippen molar-refractivity contribution in [3.05, 3.63) is 23.3 Å². The lowest BCUT2D eigenvalue weighted by Gasteiger charge is -2.18. The van der Waals surface area contributed by atoms with Crippen molar-refractivity contribution in [1.82, 2.24) is 0 Å². The molecule has 0 aliphatic heterocycles. The first-order valence-electron chi connectivity index (χ1n) is 10.8. The van der Waals surface area contributed by atoms with E-state index in [-0.39, 0.29) is 0 Å². The van der Waals surface area contributed by atoms with Crippen LogP contribution >= 0.6 is 0 Å². The summed E-state index contributed by atoms with van der Waals surface area (Å²) >= 11 is 0. The van der Waals surface area contributed by atoms with E-state index in [1.54, 1.807) is 7.11 Å². The Bertz CT molecular complexity index is 546.